The minimum atomic E-state index is -3.32. The standard InChI is InChI=1S/C16H19N5O3S/c1-25(23,24)9-14(22)20-6-2-3-11(8-20)21-10-19-13-7-18-16-12(15(13)21)4-5-17-16/h4-5,7,10-11H,2-3,6,8-9H2,1H3,(H,17,18). The topological polar surface area (TPSA) is 101 Å². The van der Waals surface area contributed by atoms with E-state index in [4.69, 9.17) is 0 Å². The van der Waals surface area contributed by atoms with Gasteiger partial charge in [-0.2, -0.15) is 0 Å². The largest absolute Gasteiger partial charge is 0.346 e. The number of imidazole rings is 1. The normalized spacial score (nSPS) is 18.9. The Morgan fingerprint density at radius 2 is 2.24 bits per heavy atom. The zero-order valence-electron chi connectivity index (χ0n) is 13.8. The molecule has 0 aromatic carbocycles. The number of carbonyl (C=O) groups excluding carboxylic acids is 1. The predicted molar refractivity (Wildman–Crippen MR) is 93.9 cm³/mol. The van der Waals surface area contributed by atoms with Crippen LogP contribution in [0.25, 0.3) is 22.1 Å². The van der Waals surface area contributed by atoms with Crippen molar-refractivity contribution in [1.29, 1.82) is 0 Å². The van der Waals surface area contributed by atoms with Crippen molar-refractivity contribution in [2.75, 3.05) is 25.1 Å². The number of H-pyrrole nitrogens is 1. The Bertz CT molecular complexity index is 1050. The van der Waals surface area contributed by atoms with Crippen LogP contribution in [0.5, 0.6) is 0 Å². The van der Waals surface area contributed by atoms with E-state index in [-0.39, 0.29) is 11.9 Å². The van der Waals surface area contributed by atoms with Crippen molar-refractivity contribution in [3.05, 3.63) is 24.8 Å². The highest BCUT2D eigenvalue weighted by atomic mass is 32.2. The van der Waals surface area contributed by atoms with Crippen LogP contribution in [0, 0.1) is 0 Å². The second kappa shape index (κ2) is 5.83. The van der Waals surface area contributed by atoms with E-state index in [1.54, 1.807) is 17.4 Å². The molecule has 3 aromatic rings. The van der Waals surface area contributed by atoms with E-state index in [9.17, 15) is 13.2 Å². The smallest absolute Gasteiger partial charge is 0.237 e. The highest BCUT2D eigenvalue weighted by Gasteiger charge is 2.27. The third-order valence-corrected chi connectivity index (χ3v) is 5.42. The molecule has 1 aliphatic rings. The summed E-state index contributed by atoms with van der Waals surface area (Å²) >= 11 is 0. The fourth-order valence-electron chi connectivity index (χ4n) is 3.53. The number of carbonyl (C=O) groups is 1. The molecule has 0 spiro atoms. The second-order valence-electron chi connectivity index (χ2n) is 6.59. The molecule has 1 amide bonds. The molecule has 9 heteroatoms. The number of likely N-dealkylation sites (tertiary alicyclic amines) is 1. The van der Waals surface area contributed by atoms with Gasteiger partial charge in [0.15, 0.2) is 9.84 Å². The average molecular weight is 361 g/mol. The van der Waals surface area contributed by atoms with E-state index >= 15 is 0 Å². The maximum absolute atomic E-state index is 12.3. The van der Waals surface area contributed by atoms with Gasteiger partial charge in [-0.1, -0.05) is 0 Å². The van der Waals surface area contributed by atoms with Crippen LogP contribution in [0.1, 0.15) is 18.9 Å². The van der Waals surface area contributed by atoms with Crippen LogP contribution in [0.2, 0.25) is 0 Å². The number of aromatic nitrogens is 4. The van der Waals surface area contributed by atoms with Crippen molar-refractivity contribution >= 4 is 37.8 Å². The number of nitrogens with one attached hydrogen (secondary N) is 1. The summed E-state index contributed by atoms with van der Waals surface area (Å²) in [7, 11) is -3.32. The van der Waals surface area contributed by atoms with E-state index in [1.165, 1.54) is 0 Å². The lowest BCUT2D eigenvalue weighted by Gasteiger charge is -2.33. The van der Waals surface area contributed by atoms with E-state index in [1.807, 2.05) is 12.3 Å². The Morgan fingerprint density at radius 3 is 3.04 bits per heavy atom. The Balaban J connectivity index is 1.67. The number of amides is 1. The molecule has 1 fully saturated rings. The first-order chi connectivity index (χ1) is 11.9. The minimum Gasteiger partial charge on any atom is -0.346 e. The molecule has 8 nitrogen and oxygen atoms in total. The van der Waals surface area contributed by atoms with Gasteiger partial charge in [-0.3, -0.25) is 4.79 Å². The molecule has 3 aromatic heterocycles. The minimum absolute atomic E-state index is 0.0720. The molecule has 0 aliphatic carbocycles. The predicted octanol–water partition coefficient (Wildman–Crippen LogP) is 1.12. The summed E-state index contributed by atoms with van der Waals surface area (Å²) in [6.07, 6.45) is 8.21. The molecule has 0 radical (unpaired) electrons. The van der Waals surface area contributed by atoms with Gasteiger partial charge in [0.25, 0.3) is 0 Å². The molecule has 1 N–H and O–H groups in total. The Morgan fingerprint density at radius 1 is 1.40 bits per heavy atom. The lowest BCUT2D eigenvalue weighted by molar-refractivity contribution is -0.130. The molecular weight excluding hydrogens is 342 g/mol. The van der Waals surface area contributed by atoms with Gasteiger partial charge in [0.1, 0.15) is 16.9 Å². The summed E-state index contributed by atoms with van der Waals surface area (Å²) < 4.78 is 24.9. The molecule has 1 saturated heterocycles. The number of sulfone groups is 1. The first-order valence-electron chi connectivity index (χ1n) is 8.16. The van der Waals surface area contributed by atoms with Gasteiger partial charge in [-0.15, -0.1) is 0 Å². The van der Waals surface area contributed by atoms with E-state index in [0.29, 0.717) is 13.1 Å². The van der Waals surface area contributed by atoms with E-state index < -0.39 is 15.6 Å². The van der Waals surface area contributed by atoms with Crippen molar-refractivity contribution in [1.82, 2.24) is 24.4 Å². The van der Waals surface area contributed by atoms with Gasteiger partial charge in [-0.25, -0.2) is 18.4 Å². The number of rotatable bonds is 3. The lowest BCUT2D eigenvalue weighted by atomic mass is 10.1. The number of aromatic amines is 1. The summed E-state index contributed by atoms with van der Waals surface area (Å²) in [6, 6.07) is 2.04. The first-order valence-corrected chi connectivity index (χ1v) is 10.2. The van der Waals surface area contributed by atoms with Gasteiger partial charge in [0.2, 0.25) is 5.91 Å². The van der Waals surface area contributed by atoms with Gasteiger partial charge in [0.05, 0.1) is 24.1 Å². The van der Waals surface area contributed by atoms with Crippen molar-refractivity contribution in [2.24, 2.45) is 0 Å². The lowest BCUT2D eigenvalue weighted by Crippen LogP contribution is -2.43. The first kappa shape index (κ1) is 16.1. The number of hydrogen-bond acceptors (Lipinski definition) is 5. The summed E-state index contributed by atoms with van der Waals surface area (Å²) in [4.78, 5) is 25.8. The van der Waals surface area contributed by atoms with Crippen molar-refractivity contribution in [2.45, 2.75) is 18.9 Å². The van der Waals surface area contributed by atoms with Crippen molar-refractivity contribution < 1.29 is 13.2 Å². The van der Waals surface area contributed by atoms with Crippen LogP contribution in [0.4, 0.5) is 0 Å². The van der Waals surface area contributed by atoms with Crippen LogP contribution in [0.3, 0.4) is 0 Å². The molecule has 4 heterocycles. The number of pyridine rings is 1. The quantitative estimate of drug-likeness (QED) is 0.753. The zero-order valence-corrected chi connectivity index (χ0v) is 14.7. The maximum atomic E-state index is 12.3. The summed E-state index contributed by atoms with van der Waals surface area (Å²) in [5.74, 6) is -0.763. The third kappa shape index (κ3) is 2.99. The maximum Gasteiger partial charge on any atom is 0.237 e. The van der Waals surface area contributed by atoms with Crippen LogP contribution < -0.4 is 0 Å². The Hall–Kier alpha value is -2.42. The summed E-state index contributed by atoms with van der Waals surface area (Å²) in [5.41, 5.74) is 2.61. The van der Waals surface area contributed by atoms with Crippen LogP contribution in [-0.4, -0.2) is 63.8 Å². The molecule has 25 heavy (non-hydrogen) atoms. The summed E-state index contributed by atoms with van der Waals surface area (Å²) in [6.45, 7) is 1.09. The molecule has 4 rings (SSSR count). The van der Waals surface area contributed by atoms with Gasteiger partial charge < -0.3 is 14.5 Å². The zero-order chi connectivity index (χ0) is 17.6. The van der Waals surface area contributed by atoms with Crippen LogP contribution in [0.15, 0.2) is 24.8 Å². The molecule has 1 aliphatic heterocycles. The molecule has 132 valence electrons. The van der Waals surface area contributed by atoms with Gasteiger partial charge in [0, 0.05) is 30.9 Å². The number of hydrogen-bond donors (Lipinski definition) is 1. The fourth-order valence-corrected chi connectivity index (χ4v) is 4.16. The third-order valence-electron chi connectivity index (χ3n) is 4.65. The SMILES string of the molecule is CS(=O)(=O)CC(=O)N1CCCC(n2cnc3cnc4[nH]ccc4c32)C1. The summed E-state index contributed by atoms with van der Waals surface area (Å²) in [5, 5.41) is 0.995. The second-order valence-corrected chi connectivity index (χ2v) is 8.73. The molecule has 0 bridgehead atoms. The molecular formula is C16H19N5O3S. The van der Waals surface area contributed by atoms with E-state index in [0.717, 1.165) is 41.2 Å². The highest BCUT2D eigenvalue weighted by molar-refractivity contribution is 7.91. The van der Waals surface area contributed by atoms with Crippen LogP contribution in [-0.2, 0) is 14.6 Å². The number of fused-ring (bicyclic) bond motifs is 3. The van der Waals surface area contributed by atoms with Gasteiger partial charge in [-0.05, 0) is 18.9 Å². The number of piperidine rings is 1. The Labute approximate surface area is 144 Å². The molecule has 1 unspecified atom stereocenters. The van der Waals surface area contributed by atoms with Crippen LogP contribution >= 0.6 is 0 Å². The van der Waals surface area contributed by atoms with Crippen molar-refractivity contribution in [3.8, 4) is 0 Å². The Kier molecular flexibility index (Phi) is 3.75. The van der Waals surface area contributed by atoms with Gasteiger partial charge >= 0.3 is 0 Å². The molecule has 0 saturated carbocycles. The van der Waals surface area contributed by atoms with E-state index in [2.05, 4.69) is 19.5 Å². The molecule has 1 atom stereocenters. The fraction of sp³-hybridized carbons (Fsp3) is 0.438. The number of nitrogens with zero attached hydrogens (tertiary/aromatic N) is 4. The van der Waals surface area contributed by atoms with Crippen molar-refractivity contribution in [3.63, 3.8) is 0 Å². The highest BCUT2D eigenvalue weighted by Crippen LogP contribution is 2.29. The monoisotopic (exact) mass is 361 g/mol. The average Bonchev–Trinajstić information content (AvgIpc) is 3.19.